The van der Waals surface area contributed by atoms with Gasteiger partial charge in [-0.2, -0.15) is 10.1 Å². The minimum Gasteiger partial charge on any atom is -0.467 e. The molecule has 0 unspecified atom stereocenters. The fraction of sp³-hybridized carbons (Fsp3) is 0.462. The van der Waals surface area contributed by atoms with Crippen molar-refractivity contribution in [3.05, 3.63) is 30.4 Å². The Balaban J connectivity index is 1.59. The van der Waals surface area contributed by atoms with Gasteiger partial charge < -0.3 is 15.1 Å². The molecule has 100 valence electrons. The number of anilines is 2. The summed E-state index contributed by atoms with van der Waals surface area (Å²) in [7, 11) is 0. The molecule has 0 radical (unpaired) electrons. The van der Waals surface area contributed by atoms with Crippen LogP contribution in [0.15, 0.2) is 29.0 Å². The lowest BCUT2D eigenvalue weighted by Crippen LogP contribution is -2.16. The average molecular weight is 259 g/mol. The molecule has 1 aliphatic carbocycles. The highest BCUT2D eigenvalue weighted by Gasteiger charge is 2.15. The van der Waals surface area contributed by atoms with E-state index in [0.717, 1.165) is 11.6 Å². The van der Waals surface area contributed by atoms with Crippen LogP contribution in [0, 0.1) is 0 Å². The third-order valence-electron chi connectivity index (χ3n) is 3.27. The van der Waals surface area contributed by atoms with E-state index in [1.165, 1.54) is 25.7 Å². The standard InChI is InChI=1S/C13H17N5O/c1-2-5-10(4-1)16-12-9-15-18-13(17-12)14-8-11-6-3-7-19-11/h3,6-7,9-10H,1-2,4-5,8H2,(H2,14,16,17,18). The molecule has 19 heavy (non-hydrogen) atoms. The molecule has 1 fully saturated rings. The molecule has 0 aromatic carbocycles. The van der Waals surface area contributed by atoms with E-state index in [2.05, 4.69) is 25.8 Å². The summed E-state index contributed by atoms with van der Waals surface area (Å²) < 4.78 is 5.24. The van der Waals surface area contributed by atoms with Gasteiger partial charge >= 0.3 is 0 Å². The monoisotopic (exact) mass is 259 g/mol. The Kier molecular flexibility index (Phi) is 3.58. The van der Waals surface area contributed by atoms with Crippen LogP contribution in [0.4, 0.5) is 11.8 Å². The predicted octanol–water partition coefficient (Wildman–Crippen LogP) is 2.43. The van der Waals surface area contributed by atoms with Gasteiger partial charge in [0, 0.05) is 6.04 Å². The van der Waals surface area contributed by atoms with Crippen LogP contribution < -0.4 is 10.6 Å². The molecule has 2 N–H and O–H groups in total. The van der Waals surface area contributed by atoms with Crippen LogP contribution in [-0.4, -0.2) is 21.2 Å². The van der Waals surface area contributed by atoms with Crippen molar-refractivity contribution < 1.29 is 4.42 Å². The third kappa shape index (κ3) is 3.21. The predicted molar refractivity (Wildman–Crippen MR) is 71.7 cm³/mol. The van der Waals surface area contributed by atoms with Gasteiger partial charge in [0.05, 0.1) is 19.0 Å². The van der Waals surface area contributed by atoms with Crippen molar-refractivity contribution >= 4 is 11.8 Å². The zero-order chi connectivity index (χ0) is 12.9. The maximum absolute atomic E-state index is 5.24. The van der Waals surface area contributed by atoms with Crippen LogP contribution in [0.3, 0.4) is 0 Å². The highest BCUT2D eigenvalue weighted by Crippen LogP contribution is 2.21. The lowest BCUT2D eigenvalue weighted by molar-refractivity contribution is 0.517. The first kappa shape index (κ1) is 12.0. The van der Waals surface area contributed by atoms with Gasteiger partial charge in [0.25, 0.3) is 0 Å². The molecule has 0 atom stereocenters. The summed E-state index contributed by atoms with van der Waals surface area (Å²) >= 11 is 0. The van der Waals surface area contributed by atoms with Gasteiger partial charge in [0.15, 0.2) is 5.82 Å². The molecule has 0 saturated heterocycles. The van der Waals surface area contributed by atoms with Crippen molar-refractivity contribution in [2.24, 2.45) is 0 Å². The Labute approximate surface area is 111 Å². The third-order valence-corrected chi connectivity index (χ3v) is 3.27. The largest absolute Gasteiger partial charge is 0.467 e. The van der Waals surface area contributed by atoms with Crippen molar-refractivity contribution in [3.8, 4) is 0 Å². The first-order valence-corrected chi connectivity index (χ1v) is 6.63. The molecule has 0 amide bonds. The highest BCUT2D eigenvalue weighted by atomic mass is 16.3. The fourth-order valence-corrected chi connectivity index (χ4v) is 2.31. The van der Waals surface area contributed by atoms with E-state index in [0.29, 0.717) is 18.5 Å². The highest BCUT2D eigenvalue weighted by molar-refractivity contribution is 5.38. The number of furan rings is 1. The molecular weight excluding hydrogens is 242 g/mol. The van der Waals surface area contributed by atoms with Crippen molar-refractivity contribution in [2.45, 2.75) is 38.3 Å². The van der Waals surface area contributed by atoms with E-state index < -0.39 is 0 Å². The van der Waals surface area contributed by atoms with Crippen LogP contribution in [0.5, 0.6) is 0 Å². The lowest BCUT2D eigenvalue weighted by atomic mass is 10.2. The smallest absolute Gasteiger partial charge is 0.245 e. The van der Waals surface area contributed by atoms with E-state index in [-0.39, 0.29) is 0 Å². The first-order chi connectivity index (χ1) is 9.40. The summed E-state index contributed by atoms with van der Waals surface area (Å²) in [6, 6.07) is 4.28. The van der Waals surface area contributed by atoms with Crippen molar-refractivity contribution in [2.75, 3.05) is 10.6 Å². The summed E-state index contributed by atoms with van der Waals surface area (Å²) in [5.41, 5.74) is 0. The molecule has 0 aliphatic heterocycles. The van der Waals surface area contributed by atoms with Crippen molar-refractivity contribution in [3.63, 3.8) is 0 Å². The maximum Gasteiger partial charge on any atom is 0.245 e. The van der Waals surface area contributed by atoms with Gasteiger partial charge in [-0.3, -0.25) is 0 Å². The van der Waals surface area contributed by atoms with Gasteiger partial charge in [0.1, 0.15) is 5.76 Å². The van der Waals surface area contributed by atoms with Crippen LogP contribution in [-0.2, 0) is 6.54 Å². The topological polar surface area (TPSA) is 75.9 Å². The number of nitrogens with one attached hydrogen (secondary N) is 2. The average Bonchev–Trinajstić information content (AvgIpc) is 3.10. The second-order valence-corrected chi connectivity index (χ2v) is 4.72. The van der Waals surface area contributed by atoms with Crippen molar-refractivity contribution in [1.82, 2.24) is 15.2 Å². The van der Waals surface area contributed by atoms with Gasteiger partial charge in [-0.1, -0.05) is 12.8 Å². The molecule has 0 bridgehead atoms. The summed E-state index contributed by atoms with van der Waals surface area (Å²) in [5, 5.41) is 14.4. The van der Waals surface area contributed by atoms with Gasteiger partial charge in [0.2, 0.25) is 5.95 Å². The number of nitrogens with zero attached hydrogens (tertiary/aromatic N) is 3. The van der Waals surface area contributed by atoms with E-state index in [1.807, 2.05) is 12.1 Å². The molecule has 6 heteroatoms. The van der Waals surface area contributed by atoms with E-state index in [1.54, 1.807) is 12.5 Å². The Bertz CT molecular complexity index is 508. The molecular formula is C13H17N5O. The van der Waals surface area contributed by atoms with Gasteiger partial charge in [-0.25, -0.2) is 0 Å². The molecule has 3 rings (SSSR count). The van der Waals surface area contributed by atoms with Crippen LogP contribution in [0.25, 0.3) is 0 Å². The number of aromatic nitrogens is 3. The van der Waals surface area contributed by atoms with Crippen LogP contribution in [0.2, 0.25) is 0 Å². The molecule has 0 spiro atoms. The summed E-state index contributed by atoms with van der Waals surface area (Å²) in [6.45, 7) is 0.557. The second-order valence-electron chi connectivity index (χ2n) is 4.72. The number of hydrogen-bond donors (Lipinski definition) is 2. The zero-order valence-electron chi connectivity index (χ0n) is 10.7. The fourth-order valence-electron chi connectivity index (χ4n) is 2.31. The SMILES string of the molecule is c1coc(CNc2nncc(NC3CCCC3)n2)c1. The van der Waals surface area contributed by atoms with Gasteiger partial charge in [-0.05, 0) is 25.0 Å². The summed E-state index contributed by atoms with van der Waals surface area (Å²) in [4.78, 5) is 4.40. The minimum absolute atomic E-state index is 0.513. The Morgan fingerprint density at radius 3 is 3.00 bits per heavy atom. The second kappa shape index (κ2) is 5.69. The van der Waals surface area contributed by atoms with Gasteiger partial charge in [-0.15, -0.1) is 5.10 Å². The lowest BCUT2D eigenvalue weighted by Gasteiger charge is -2.12. The molecule has 1 aliphatic rings. The molecule has 1 saturated carbocycles. The Morgan fingerprint density at radius 2 is 2.21 bits per heavy atom. The van der Waals surface area contributed by atoms with Crippen molar-refractivity contribution in [1.29, 1.82) is 0 Å². The zero-order valence-corrected chi connectivity index (χ0v) is 10.7. The molecule has 2 aromatic rings. The quantitative estimate of drug-likeness (QED) is 0.859. The summed E-state index contributed by atoms with van der Waals surface area (Å²) in [5.74, 6) is 2.14. The maximum atomic E-state index is 5.24. The Hall–Kier alpha value is -2.11. The number of hydrogen-bond acceptors (Lipinski definition) is 6. The first-order valence-electron chi connectivity index (χ1n) is 6.63. The Morgan fingerprint density at radius 1 is 1.32 bits per heavy atom. The van der Waals surface area contributed by atoms with Crippen LogP contribution >= 0.6 is 0 Å². The molecule has 6 nitrogen and oxygen atoms in total. The van der Waals surface area contributed by atoms with Crippen LogP contribution in [0.1, 0.15) is 31.4 Å². The van der Waals surface area contributed by atoms with E-state index in [4.69, 9.17) is 4.42 Å². The minimum atomic E-state index is 0.513. The van der Waals surface area contributed by atoms with E-state index in [9.17, 15) is 0 Å². The molecule has 2 aromatic heterocycles. The van der Waals surface area contributed by atoms with E-state index >= 15 is 0 Å². The number of rotatable bonds is 5. The summed E-state index contributed by atoms with van der Waals surface area (Å²) in [6.07, 6.45) is 8.31. The normalized spacial score (nSPS) is 15.6. The molecule has 2 heterocycles.